The Bertz CT molecular complexity index is 486. The van der Waals surface area contributed by atoms with Gasteiger partial charge in [-0.1, -0.05) is 12.5 Å². The molecule has 0 radical (unpaired) electrons. The number of halogens is 3. The quantitative estimate of drug-likeness (QED) is 0.902. The summed E-state index contributed by atoms with van der Waals surface area (Å²) < 4.78 is 39.2. The SMILES string of the molecule is NCc1ccc(N2CC3CCCC3C2)cc1C(F)(F)F. The monoisotopic (exact) mass is 284 g/mol. The average Bonchev–Trinajstić information content (AvgIpc) is 2.97. The van der Waals surface area contributed by atoms with Gasteiger partial charge in [-0.2, -0.15) is 13.2 Å². The maximum atomic E-state index is 13.1. The van der Waals surface area contributed by atoms with Crippen molar-refractivity contribution in [2.45, 2.75) is 32.0 Å². The highest BCUT2D eigenvalue weighted by Crippen LogP contribution is 2.41. The van der Waals surface area contributed by atoms with Crippen molar-refractivity contribution in [3.63, 3.8) is 0 Å². The largest absolute Gasteiger partial charge is 0.416 e. The van der Waals surface area contributed by atoms with Crippen molar-refractivity contribution in [3.8, 4) is 0 Å². The highest BCUT2D eigenvalue weighted by atomic mass is 19.4. The van der Waals surface area contributed by atoms with Crippen LogP contribution < -0.4 is 10.6 Å². The average molecular weight is 284 g/mol. The van der Waals surface area contributed by atoms with E-state index in [0.29, 0.717) is 17.5 Å². The summed E-state index contributed by atoms with van der Waals surface area (Å²) in [6, 6.07) is 4.56. The Kier molecular flexibility index (Phi) is 3.40. The van der Waals surface area contributed by atoms with Gasteiger partial charge in [-0.25, -0.2) is 0 Å². The lowest BCUT2D eigenvalue weighted by Crippen LogP contribution is -2.22. The maximum absolute atomic E-state index is 13.1. The third-order valence-electron chi connectivity index (χ3n) is 4.71. The Balaban J connectivity index is 1.88. The lowest BCUT2D eigenvalue weighted by Gasteiger charge is -2.22. The fraction of sp³-hybridized carbons (Fsp3) is 0.600. The third kappa shape index (κ3) is 2.39. The molecule has 0 amide bonds. The Morgan fingerprint density at radius 2 is 1.80 bits per heavy atom. The van der Waals surface area contributed by atoms with Crippen LogP contribution >= 0.6 is 0 Å². The summed E-state index contributed by atoms with van der Waals surface area (Å²) in [5.74, 6) is 1.33. The van der Waals surface area contributed by atoms with Gasteiger partial charge >= 0.3 is 6.18 Å². The number of hydrogen-bond donors (Lipinski definition) is 1. The molecule has 2 unspecified atom stereocenters. The molecular formula is C15H19F3N2. The molecule has 1 aliphatic carbocycles. The first-order valence-electron chi connectivity index (χ1n) is 7.14. The molecule has 2 nitrogen and oxygen atoms in total. The topological polar surface area (TPSA) is 29.3 Å². The molecule has 3 rings (SSSR count). The van der Waals surface area contributed by atoms with Gasteiger partial charge in [0.25, 0.3) is 0 Å². The van der Waals surface area contributed by atoms with Crippen LogP contribution in [-0.4, -0.2) is 13.1 Å². The molecule has 1 saturated heterocycles. The molecule has 1 aromatic carbocycles. The van der Waals surface area contributed by atoms with E-state index in [1.807, 2.05) is 0 Å². The van der Waals surface area contributed by atoms with Gasteiger partial charge in [0, 0.05) is 25.3 Å². The van der Waals surface area contributed by atoms with Crippen LogP contribution in [0.4, 0.5) is 18.9 Å². The Hall–Kier alpha value is -1.23. The van der Waals surface area contributed by atoms with E-state index >= 15 is 0 Å². The predicted molar refractivity (Wildman–Crippen MR) is 72.4 cm³/mol. The summed E-state index contributed by atoms with van der Waals surface area (Å²) in [6.45, 7) is 1.70. The molecule has 5 heteroatoms. The lowest BCUT2D eigenvalue weighted by molar-refractivity contribution is -0.138. The van der Waals surface area contributed by atoms with Gasteiger partial charge in [-0.05, 0) is 42.4 Å². The number of fused-ring (bicyclic) bond motifs is 1. The zero-order valence-electron chi connectivity index (χ0n) is 11.3. The van der Waals surface area contributed by atoms with Crippen molar-refractivity contribution in [2.24, 2.45) is 17.6 Å². The number of nitrogens with zero attached hydrogens (tertiary/aromatic N) is 1. The van der Waals surface area contributed by atoms with E-state index in [1.165, 1.54) is 31.4 Å². The number of nitrogens with two attached hydrogens (primary N) is 1. The molecular weight excluding hydrogens is 265 g/mol. The molecule has 2 N–H and O–H groups in total. The van der Waals surface area contributed by atoms with Gasteiger partial charge in [0.05, 0.1) is 5.56 Å². The van der Waals surface area contributed by atoms with Crippen molar-refractivity contribution in [3.05, 3.63) is 29.3 Å². The van der Waals surface area contributed by atoms with Gasteiger partial charge < -0.3 is 10.6 Å². The van der Waals surface area contributed by atoms with Crippen LogP contribution in [-0.2, 0) is 12.7 Å². The molecule has 0 spiro atoms. The van der Waals surface area contributed by atoms with Gasteiger partial charge in [-0.15, -0.1) is 0 Å². The minimum Gasteiger partial charge on any atom is -0.371 e. The van der Waals surface area contributed by atoms with Crippen molar-refractivity contribution in [1.29, 1.82) is 0 Å². The number of rotatable bonds is 2. The standard InChI is InChI=1S/C15H19F3N2/c16-15(17,18)14-6-13(5-4-10(14)7-19)20-8-11-2-1-3-12(11)9-20/h4-6,11-12H,1-3,7-9,19H2. The molecule has 2 atom stereocenters. The van der Waals surface area contributed by atoms with Crippen LogP contribution in [0.25, 0.3) is 0 Å². The Morgan fingerprint density at radius 1 is 1.15 bits per heavy atom. The predicted octanol–water partition coefficient (Wildman–Crippen LogP) is 3.40. The van der Waals surface area contributed by atoms with Gasteiger partial charge in [-0.3, -0.25) is 0 Å². The first kappa shape index (κ1) is 13.7. The molecule has 1 aliphatic heterocycles. The van der Waals surface area contributed by atoms with Gasteiger partial charge in [0.2, 0.25) is 0 Å². The summed E-state index contributed by atoms with van der Waals surface area (Å²) in [5.41, 5.74) is 5.68. The lowest BCUT2D eigenvalue weighted by atomic mass is 10.0. The van der Waals surface area contributed by atoms with Crippen molar-refractivity contribution < 1.29 is 13.2 Å². The van der Waals surface area contributed by atoms with E-state index in [2.05, 4.69) is 4.90 Å². The first-order valence-corrected chi connectivity index (χ1v) is 7.14. The molecule has 1 aromatic rings. The van der Waals surface area contributed by atoms with Crippen LogP contribution in [0.15, 0.2) is 18.2 Å². The molecule has 1 saturated carbocycles. The number of benzene rings is 1. The molecule has 2 aliphatic rings. The highest BCUT2D eigenvalue weighted by molar-refractivity contribution is 5.53. The molecule has 1 heterocycles. The molecule has 0 aromatic heterocycles. The minimum absolute atomic E-state index is 0.0830. The summed E-state index contributed by atoms with van der Waals surface area (Å²) in [5, 5.41) is 0. The molecule has 2 fully saturated rings. The number of alkyl halides is 3. The normalized spacial score (nSPS) is 26.1. The van der Waals surface area contributed by atoms with E-state index in [1.54, 1.807) is 6.07 Å². The molecule has 0 bridgehead atoms. The first-order chi connectivity index (χ1) is 9.49. The summed E-state index contributed by atoms with van der Waals surface area (Å²) in [7, 11) is 0. The zero-order chi connectivity index (χ0) is 14.3. The van der Waals surface area contributed by atoms with Gasteiger partial charge in [0.15, 0.2) is 0 Å². The van der Waals surface area contributed by atoms with Crippen LogP contribution in [0.5, 0.6) is 0 Å². The third-order valence-corrected chi connectivity index (χ3v) is 4.71. The second kappa shape index (κ2) is 4.95. The van der Waals surface area contributed by atoms with E-state index < -0.39 is 11.7 Å². The van der Waals surface area contributed by atoms with E-state index in [0.717, 1.165) is 13.1 Å². The Labute approximate surface area is 116 Å². The van der Waals surface area contributed by atoms with Crippen molar-refractivity contribution >= 4 is 5.69 Å². The fourth-order valence-electron chi connectivity index (χ4n) is 3.65. The minimum atomic E-state index is -4.33. The summed E-state index contributed by atoms with van der Waals surface area (Å²) >= 11 is 0. The van der Waals surface area contributed by atoms with E-state index in [-0.39, 0.29) is 12.1 Å². The van der Waals surface area contributed by atoms with Crippen LogP contribution in [0.1, 0.15) is 30.4 Å². The second-order valence-corrected chi connectivity index (χ2v) is 5.90. The van der Waals surface area contributed by atoms with Crippen LogP contribution in [0.3, 0.4) is 0 Å². The van der Waals surface area contributed by atoms with Crippen molar-refractivity contribution in [2.75, 3.05) is 18.0 Å². The second-order valence-electron chi connectivity index (χ2n) is 5.90. The van der Waals surface area contributed by atoms with Gasteiger partial charge in [0.1, 0.15) is 0 Å². The Morgan fingerprint density at radius 3 is 2.35 bits per heavy atom. The highest BCUT2D eigenvalue weighted by Gasteiger charge is 2.38. The molecule has 20 heavy (non-hydrogen) atoms. The van der Waals surface area contributed by atoms with Crippen molar-refractivity contribution in [1.82, 2.24) is 0 Å². The smallest absolute Gasteiger partial charge is 0.371 e. The fourth-order valence-corrected chi connectivity index (χ4v) is 3.65. The van der Waals surface area contributed by atoms with Crippen LogP contribution in [0, 0.1) is 11.8 Å². The summed E-state index contributed by atoms with van der Waals surface area (Å²) in [4.78, 5) is 2.10. The van der Waals surface area contributed by atoms with E-state index in [9.17, 15) is 13.2 Å². The zero-order valence-corrected chi connectivity index (χ0v) is 11.3. The summed E-state index contributed by atoms with van der Waals surface area (Å²) in [6.07, 6.45) is -0.633. The maximum Gasteiger partial charge on any atom is 0.416 e. The number of hydrogen-bond acceptors (Lipinski definition) is 2. The number of anilines is 1. The van der Waals surface area contributed by atoms with Crippen LogP contribution in [0.2, 0.25) is 0 Å². The molecule has 110 valence electrons. The van der Waals surface area contributed by atoms with E-state index in [4.69, 9.17) is 5.73 Å².